The van der Waals surface area contributed by atoms with E-state index >= 15 is 0 Å². The monoisotopic (exact) mass is 249 g/mol. The molecular formula is C10H8F3O2S-. The summed E-state index contributed by atoms with van der Waals surface area (Å²) in [6.45, 7) is 4.99. The average Bonchev–Trinajstić information content (AvgIpc) is 2.15. The van der Waals surface area contributed by atoms with E-state index in [1.807, 2.05) is 0 Å². The molecule has 88 valence electrons. The van der Waals surface area contributed by atoms with Gasteiger partial charge in [0.15, 0.2) is 0 Å². The van der Waals surface area contributed by atoms with E-state index < -0.39 is 27.7 Å². The molecule has 1 atom stereocenters. The molecule has 0 spiro atoms. The Labute approximate surface area is 93.1 Å². The number of hydrogen-bond acceptors (Lipinski definition) is 2. The summed E-state index contributed by atoms with van der Waals surface area (Å²) in [6.07, 6.45) is -4.57. The number of halogens is 3. The van der Waals surface area contributed by atoms with Gasteiger partial charge in [-0.05, 0) is 41.8 Å². The van der Waals surface area contributed by atoms with E-state index in [0.29, 0.717) is 11.6 Å². The maximum absolute atomic E-state index is 12.4. The molecule has 1 aromatic carbocycles. The molecule has 0 aliphatic carbocycles. The van der Waals surface area contributed by atoms with E-state index in [0.717, 1.165) is 12.1 Å². The summed E-state index contributed by atoms with van der Waals surface area (Å²) >= 11 is -2.69. The third-order valence-corrected chi connectivity index (χ3v) is 2.54. The first-order valence-corrected chi connectivity index (χ1v) is 5.26. The normalized spacial score (nSPS) is 13.6. The van der Waals surface area contributed by atoms with Gasteiger partial charge in [0.25, 0.3) is 0 Å². The lowest BCUT2D eigenvalue weighted by atomic mass is 10.1. The van der Waals surface area contributed by atoms with Gasteiger partial charge in [-0.15, -0.1) is 0 Å². The Hall–Kier alpha value is -1.14. The van der Waals surface area contributed by atoms with Gasteiger partial charge in [-0.2, -0.15) is 13.2 Å². The average molecular weight is 249 g/mol. The van der Waals surface area contributed by atoms with E-state index in [4.69, 9.17) is 0 Å². The molecule has 0 fully saturated rings. The van der Waals surface area contributed by atoms with E-state index in [1.54, 1.807) is 0 Å². The largest absolute Gasteiger partial charge is 0.768 e. The molecule has 0 aliphatic rings. The predicted octanol–water partition coefficient (Wildman–Crippen LogP) is 2.98. The van der Waals surface area contributed by atoms with Gasteiger partial charge in [0.2, 0.25) is 0 Å². The third kappa shape index (κ3) is 2.93. The number of benzene rings is 1. The molecule has 6 heteroatoms. The van der Waals surface area contributed by atoms with Crippen molar-refractivity contribution in [1.82, 2.24) is 0 Å². The van der Waals surface area contributed by atoms with Crippen molar-refractivity contribution in [2.75, 3.05) is 0 Å². The van der Waals surface area contributed by atoms with Crippen LogP contribution in [-0.4, -0.2) is 8.76 Å². The molecule has 1 aromatic rings. The summed E-state index contributed by atoms with van der Waals surface area (Å²) in [5, 5.41) is 0. The van der Waals surface area contributed by atoms with Crippen molar-refractivity contribution in [1.29, 1.82) is 0 Å². The topological polar surface area (TPSA) is 40.1 Å². The molecule has 0 N–H and O–H groups in total. The molecule has 0 bridgehead atoms. The van der Waals surface area contributed by atoms with E-state index in [-0.39, 0.29) is 5.56 Å². The molecule has 0 aliphatic heterocycles. The summed E-state index contributed by atoms with van der Waals surface area (Å²) < 4.78 is 58.6. The minimum absolute atomic E-state index is 0.161. The van der Waals surface area contributed by atoms with Crippen LogP contribution in [0.3, 0.4) is 0 Å². The van der Waals surface area contributed by atoms with Gasteiger partial charge in [0.1, 0.15) is 0 Å². The summed E-state index contributed by atoms with van der Waals surface area (Å²) in [5.41, 5.74) is -0.459. The van der Waals surface area contributed by atoms with Crippen molar-refractivity contribution in [2.24, 2.45) is 0 Å². The van der Waals surface area contributed by atoms with Crippen LogP contribution in [0.15, 0.2) is 29.7 Å². The third-order valence-electron chi connectivity index (χ3n) is 1.92. The molecule has 0 aromatic heterocycles. The Morgan fingerprint density at radius 3 is 2.31 bits per heavy atom. The van der Waals surface area contributed by atoms with Crippen molar-refractivity contribution >= 4 is 16.7 Å². The smallest absolute Gasteiger partial charge is 0.416 e. The van der Waals surface area contributed by atoms with Crippen LogP contribution in [0.5, 0.6) is 0 Å². The molecule has 0 heterocycles. The Balaban J connectivity index is 3.42. The van der Waals surface area contributed by atoms with Crippen molar-refractivity contribution in [3.63, 3.8) is 0 Å². The molecule has 0 radical (unpaired) electrons. The van der Waals surface area contributed by atoms with Crippen molar-refractivity contribution < 1.29 is 21.9 Å². The lowest BCUT2D eigenvalue weighted by molar-refractivity contribution is -0.137. The predicted molar refractivity (Wildman–Crippen MR) is 53.3 cm³/mol. The van der Waals surface area contributed by atoms with Crippen LogP contribution in [0.4, 0.5) is 13.2 Å². The lowest BCUT2D eigenvalue weighted by Gasteiger charge is -2.13. The van der Waals surface area contributed by atoms with Crippen LogP contribution in [0.2, 0.25) is 0 Å². The number of allylic oxidation sites excluding steroid dienone is 1. The SMILES string of the molecule is C=C(C)c1cc(S(=O)[O-])cc(C(F)(F)F)c1. The van der Waals surface area contributed by atoms with Gasteiger partial charge >= 0.3 is 6.18 Å². The van der Waals surface area contributed by atoms with Crippen molar-refractivity contribution in [2.45, 2.75) is 18.0 Å². The first-order chi connectivity index (χ1) is 7.21. The quantitative estimate of drug-likeness (QED) is 0.756. The van der Waals surface area contributed by atoms with Crippen molar-refractivity contribution in [3.05, 3.63) is 35.9 Å². The second-order valence-corrected chi connectivity index (χ2v) is 4.20. The standard InChI is InChI=1S/C10H9F3O2S/c1-6(2)7-3-8(10(11,12)13)5-9(4-7)16(14)15/h3-5H,1H2,2H3,(H,14,15)/p-1. The zero-order valence-electron chi connectivity index (χ0n) is 8.30. The molecule has 0 saturated heterocycles. The van der Waals surface area contributed by atoms with E-state index in [2.05, 4.69) is 6.58 Å². The van der Waals surface area contributed by atoms with Crippen LogP contribution in [0.1, 0.15) is 18.1 Å². The Kier molecular flexibility index (Phi) is 3.54. The number of hydrogen-bond donors (Lipinski definition) is 0. The van der Waals surface area contributed by atoms with Gasteiger partial charge in [-0.3, -0.25) is 4.21 Å². The van der Waals surface area contributed by atoms with Gasteiger partial charge in [0.05, 0.1) is 5.56 Å². The molecule has 1 rings (SSSR count). The molecule has 1 unspecified atom stereocenters. The Morgan fingerprint density at radius 2 is 1.94 bits per heavy atom. The van der Waals surface area contributed by atoms with E-state index in [9.17, 15) is 21.9 Å². The maximum Gasteiger partial charge on any atom is 0.416 e. The Bertz CT molecular complexity index is 420. The highest BCUT2D eigenvalue weighted by Crippen LogP contribution is 2.32. The lowest BCUT2D eigenvalue weighted by Crippen LogP contribution is -2.07. The van der Waals surface area contributed by atoms with E-state index in [1.165, 1.54) is 6.92 Å². The van der Waals surface area contributed by atoms with Gasteiger partial charge in [0, 0.05) is 4.90 Å². The summed E-state index contributed by atoms with van der Waals surface area (Å²) in [4.78, 5) is -0.396. The van der Waals surface area contributed by atoms with Crippen LogP contribution in [0.25, 0.3) is 5.57 Å². The fourth-order valence-corrected chi connectivity index (χ4v) is 1.55. The highest BCUT2D eigenvalue weighted by atomic mass is 32.2. The van der Waals surface area contributed by atoms with Crippen LogP contribution in [0, 0.1) is 0 Å². The maximum atomic E-state index is 12.4. The molecule has 16 heavy (non-hydrogen) atoms. The van der Waals surface area contributed by atoms with Crippen LogP contribution >= 0.6 is 0 Å². The van der Waals surface area contributed by atoms with Crippen molar-refractivity contribution in [3.8, 4) is 0 Å². The summed E-state index contributed by atoms with van der Waals surface area (Å²) in [6, 6.07) is 2.62. The second-order valence-electron chi connectivity index (χ2n) is 3.26. The molecule has 2 nitrogen and oxygen atoms in total. The second kappa shape index (κ2) is 4.39. The van der Waals surface area contributed by atoms with Gasteiger partial charge < -0.3 is 4.55 Å². The summed E-state index contributed by atoms with van der Waals surface area (Å²) in [5.74, 6) is 0. The zero-order valence-corrected chi connectivity index (χ0v) is 9.11. The number of rotatable bonds is 2. The fraction of sp³-hybridized carbons (Fsp3) is 0.200. The van der Waals surface area contributed by atoms with Crippen LogP contribution in [-0.2, 0) is 17.3 Å². The van der Waals surface area contributed by atoms with Gasteiger partial charge in [-0.1, -0.05) is 12.2 Å². The minimum Gasteiger partial charge on any atom is -0.768 e. The van der Waals surface area contributed by atoms with Crippen LogP contribution < -0.4 is 0 Å². The molecule has 0 amide bonds. The van der Waals surface area contributed by atoms with Gasteiger partial charge in [-0.25, -0.2) is 0 Å². The highest BCUT2D eigenvalue weighted by Gasteiger charge is 2.31. The number of alkyl halides is 3. The fourth-order valence-electron chi connectivity index (χ4n) is 1.11. The zero-order chi connectivity index (χ0) is 12.5. The highest BCUT2D eigenvalue weighted by molar-refractivity contribution is 7.79. The molecule has 0 saturated carbocycles. The Morgan fingerprint density at radius 1 is 1.38 bits per heavy atom. The first kappa shape index (κ1) is 12.9. The molecular weight excluding hydrogens is 241 g/mol. The minimum atomic E-state index is -4.57. The first-order valence-electron chi connectivity index (χ1n) is 4.19. The summed E-state index contributed by atoms with van der Waals surface area (Å²) in [7, 11) is 0.